The molecule has 0 unspecified atom stereocenters. The molecular formula is C46H66F4N4O4. The molecule has 8 nitrogen and oxygen atoms in total. The molecule has 0 aliphatic carbocycles. The molecule has 1 aromatic heterocycles. The van der Waals surface area contributed by atoms with Gasteiger partial charge in [-0.25, -0.2) is 4.39 Å². The van der Waals surface area contributed by atoms with Gasteiger partial charge in [-0.1, -0.05) is 54.9 Å². The number of H-pyrrole nitrogens is 1. The number of fused-ring (bicyclic) bond motifs is 1. The normalized spacial score (nSPS) is 12.0. The molecule has 1 N–H and O–H groups in total. The molecule has 58 heavy (non-hydrogen) atoms. The molecule has 322 valence electrons. The van der Waals surface area contributed by atoms with Gasteiger partial charge in [-0.15, -0.1) is 0 Å². The quantitative estimate of drug-likeness (QED) is 0.0475. The predicted molar refractivity (Wildman–Crippen MR) is 228 cm³/mol. The number of ether oxygens (including phenoxy) is 4. The number of hydrogen-bond donors (Lipinski definition) is 1. The lowest BCUT2D eigenvalue weighted by Gasteiger charge is -2.19. The monoisotopic (exact) mass is 815 g/mol. The highest BCUT2D eigenvalue weighted by Crippen LogP contribution is 2.43. The smallest absolute Gasteiger partial charge is 0.419 e. The molecule has 1 heterocycles. The van der Waals surface area contributed by atoms with Gasteiger partial charge in [-0.05, 0) is 113 Å². The average Bonchev–Trinajstić information content (AvgIpc) is 3.58. The molecule has 4 aromatic rings. The molecule has 4 rings (SSSR count). The number of alkyl halides is 3. The number of benzene rings is 3. The van der Waals surface area contributed by atoms with Gasteiger partial charge in [0.15, 0.2) is 0 Å². The van der Waals surface area contributed by atoms with E-state index in [1.165, 1.54) is 6.07 Å². The maximum absolute atomic E-state index is 14.1. The van der Waals surface area contributed by atoms with Gasteiger partial charge in [-0.2, -0.15) is 13.2 Å². The van der Waals surface area contributed by atoms with Crippen LogP contribution in [0.4, 0.5) is 17.6 Å². The van der Waals surface area contributed by atoms with E-state index in [0.717, 1.165) is 143 Å². The van der Waals surface area contributed by atoms with Gasteiger partial charge < -0.3 is 38.6 Å². The van der Waals surface area contributed by atoms with Gasteiger partial charge >= 0.3 is 6.18 Å². The zero-order valence-corrected chi connectivity index (χ0v) is 35.8. The van der Waals surface area contributed by atoms with Gasteiger partial charge in [0.25, 0.3) is 0 Å². The summed E-state index contributed by atoms with van der Waals surface area (Å²) in [6.45, 7) is 25.2. The third-order valence-corrected chi connectivity index (χ3v) is 10.8. The number of rotatable bonds is 27. The number of unbranched alkanes of at least 4 members (excludes halogenated alkanes) is 1. The molecular weight excluding hydrogens is 749 g/mol. The second-order valence-corrected chi connectivity index (χ2v) is 14.5. The number of hydrogen-bond acceptors (Lipinski definition) is 7. The van der Waals surface area contributed by atoms with Crippen molar-refractivity contribution in [3.63, 3.8) is 0 Å². The van der Waals surface area contributed by atoms with Crippen molar-refractivity contribution in [1.29, 1.82) is 0 Å². The Balaban J connectivity index is 1.78. The maximum Gasteiger partial charge on any atom is 0.419 e. The summed E-state index contributed by atoms with van der Waals surface area (Å²) < 4.78 is 80.2. The van der Waals surface area contributed by atoms with Gasteiger partial charge in [0.05, 0.1) is 36.6 Å². The van der Waals surface area contributed by atoms with E-state index in [1.807, 2.05) is 12.1 Å². The Morgan fingerprint density at radius 2 is 1.10 bits per heavy atom. The Bertz CT molecular complexity index is 1820. The van der Waals surface area contributed by atoms with Crippen molar-refractivity contribution in [2.45, 2.75) is 93.2 Å². The third-order valence-electron chi connectivity index (χ3n) is 10.8. The molecule has 0 aliphatic rings. The fourth-order valence-electron chi connectivity index (χ4n) is 7.18. The second kappa shape index (κ2) is 23.6. The Morgan fingerprint density at radius 3 is 1.66 bits per heavy atom. The van der Waals surface area contributed by atoms with Crippen LogP contribution in [0.2, 0.25) is 0 Å². The van der Waals surface area contributed by atoms with Gasteiger partial charge in [0, 0.05) is 42.7 Å². The lowest BCUT2D eigenvalue weighted by molar-refractivity contribution is -0.140. The van der Waals surface area contributed by atoms with Crippen molar-refractivity contribution in [2.24, 2.45) is 0 Å². The zero-order chi connectivity index (χ0) is 42.1. The molecule has 3 aromatic carbocycles. The summed E-state index contributed by atoms with van der Waals surface area (Å²) in [5.74, 6) is 0.781. The predicted octanol–water partition coefficient (Wildman–Crippen LogP) is 11.5. The summed E-state index contributed by atoms with van der Waals surface area (Å²) in [5, 5.41) is 1.02. The SMILES string of the molecule is CCCCc1c(-c2ccc(Oc3ccc(F)c(C(F)(F)F)c3)cc2OCCCN(CC)CC)[nH]c2c(OCCCN(CC)CC)cc(OCCCN(CC)CC)cc12. The molecule has 0 spiro atoms. The number of aryl methyl sites for hydroxylation is 1. The van der Waals surface area contributed by atoms with Crippen LogP contribution in [0.25, 0.3) is 22.2 Å². The van der Waals surface area contributed by atoms with Crippen LogP contribution >= 0.6 is 0 Å². The van der Waals surface area contributed by atoms with Crippen LogP contribution in [-0.4, -0.2) is 98.4 Å². The lowest BCUT2D eigenvalue weighted by atomic mass is 9.99. The average molecular weight is 815 g/mol. The highest BCUT2D eigenvalue weighted by Gasteiger charge is 2.34. The van der Waals surface area contributed by atoms with Crippen molar-refractivity contribution in [3.8, 4) is 40.0 Å². The Kier molecular flexibility index (Phi) is 19.0. The van der Waals surface area contributed by atoms with Crippen LogP contribution in [0.5, 0.6) is 28.7 Å². The molecule has 0 bridgehead atoms. The summed E-state index contributed by atoms with van der Waals surface area (Å²) in [4.78, 5) is 10.8. The first kappa shape index (κ1) is 46.7. The lowest BCUT2D eigenvalue weighted by Crippen LogP contribution is -2.25. The summed E-state index contributed by atoms with van der Waals surface area (Å²) in [5.41, 5.74) is 2.27. The third kappa shape index (κ3) is 13.3. The van der Waals surface area contributed by atoms with Crippen LogP contribution in [-0.2, 0) is 12.6 Å². The number of halogens is 4. The fraction of sp³-hybridized carbons (Fsp3) is 0.565. The Hall–Kier alpha value is -4.00. The van der Waals surface area contributed by atoms with E-state index in [0.29, 0.717) is 31.6 Å². The van der Waals surface area contributed by atoms with Crippen LogP contribution in [0, 0.1) is 5.82 Å². The Morgan fingerprint density at radius 1 is 0.586 bits per heavy atom. The van der Waals surface area contributed by atoms with Crippen LogP contribution in [0.1, 0.15) is 91.7 Å². The molecule has 0 saturated carbocycles. The Labute approximate surface area is 343 Å². The number of nitrogens with zero attached hydrogens (tertiary/aromatic N) is 3. The van der Waals surface area contributed by atoms with E-state index < -0.39 is 17.6 Å². The molecule has 0 fully saturated rings. The van der Waals surface area contributed by atoms with Gasteiger partial charge in [-0.3, -0.25) is 0 Å². The molecule has 12 heteroatoms. The van der Waals surface area contributed by atoms with Crippen LogP contribution < -0.4 is 18.9 Å². The summed E-state index contributed by atoms with van der Waals surface area (Å²) >= 11 is 0. The van der Waals surface area contributed by atoms with Crippen LogP contribution in [0.15, 0.2) is 48.5 Å². The molecule has 0 radical (unpaired) electrons. The van der Waals surface area contributed by atoms with E-state index in [2.05, 4.69) is 74.2 Å². The van der Waals surface area contributed by atoms with Gasteiger partial charge in [0.1, 0.15) is 34.6 Å². The maximum atomic E-state index is 14.1. The van der Waals surface area contributed by atoms with Crippen molar-refractivity contribution in [3.05, 3.63) is 65.5 Å². The summed E-state index contributed by atoms with van der Waals surface area (Å²) in [7, 11) is 0. The van der Waals surface area contributed by atoms with E-state index in [4.69, 9.17) is 18.9 Å². The highest BCUT2D eigenvalue weighted by molar-refractivity contribution is 5.96. The molecule has 0 atom stereocenters. The van der Waals surface area contributed by atoms with Crippen molar-refractivity contribution >= 4 is 10.9 Å². The minimum Gasteiger partial charge on any atom is -0.493 e. The zero-order valence-electron chi connectivity index (χ0n) is 35.8. The second-order valence-electron chi connectivity index (χ2n) is 14.5. The number of aromatic amines is 1. The van der Waals surface area contributed by atoms with Gasteiger partial charge in [0.2, 0.25) is 0 Å². The minimum absolute atomic E-state index is 0.129. The molecule has 0 saturated heterocycles. The topological polar surface area (TPSA) is 62.4 Å². The van der Waals surface area contributed by atoms with Crippen molar-refractivity contribution in [1.82, 2.24) is 19.7 Å². The molecule has 0 amide bonds. The highest BCUT2D eigenvalue weighted by atomic mass is 19.4. The first-order valence-corrected chi connectivity index (χ1v) is 21.4. The minimum atomic E-state index is -4.86. The summed E-state index contributed by atoms with van der Waals surface area (Å²) in [6, 6.07) is 12.0. The molecule has 0 aliphatic heterocycles. The van der Waals surface area contributed by atoms with E-state index in [1.54, 1.807) is 12.1 Å². The first-order valence-electron chi connectivity index (χ1n) is 21.4. The van der Waals surface area contributed by atoms with E-state index in [-0.39, 0.29) is 11.5 Å². The fourth-order valence-corrected chi connectivity index (χ4v) is 7.18. The van der Waals surface area contributed by atoms with Crippen molar-refractivity contribution in [2.75, 3.05) is 78.7 Å². The van der Waals surface area contributed by atoms with Crippen LogP contribution in [0.3, 0.4) is 0 Å². The van der Waals surface area contributed by atoms with E-state index >= 15 is 0 Å². The van der Waals surface area contributed by atoms with Crippen molar-refractivity contribution < 1.29 is 36.5 Å². The summed E-state index contributed by atoms with van der Waals surface area (Å²) in [6.07, 6.45) is 0.410. The number of aromatic nitrogens is 1. The van der Waals surface area contributed by atoms with E-state index in [9.17, 15) is 17.6 Å². The first-order chi connectivity index (χ1) is 28.0. The number of nitrogens with one attached hydrogen (secondary N) is 1. The largest absolute Gasteiger partial charge is 0.493 e. The standard InChI is InChI=1S/C46H66F4N4O4/c1-8-15-19-37-39-30-36(55-27-16-24-52(9-2)10-3)33-43(57-29-18-26-54(13-6)14-7)45(39)51-44(37)38-22-20-35(32-42(38)56-28-17-25-53(11-4)12-5)58-34-21-23-41(47)40(31-34)46(48,49)50/h20-23,30-33,51H,8-19,24-29H2,1-7H3.